The lowest BCUT2D eigenvalue weighted by molar-refractivity contribution is -0.116. The summed E-state index contributed by atoms with van der Waals surface area (Å²) in [7, 11) is 1.57. The molecule has 0 aliphatic rings. The molecule has 0 aliphatic carbocycles. The molecule has 9 heteroatoms. The summed E-state index contributed by atoms with van der Waals surface area (Å²) in [4.78, 5) is 40.9. The second-order valence-corrected chi connectivity index (χ2v) is 11.7. The summed E-state index contributed by atoms with van der Waals surface area (Å²) >= 11 is 7.47. The van der Waals surface area contributed by atoms with Gasteiger partial charge in [-0.3, -0.25) is 14.4 Å². The first-order valence-electron chi connectivity index (χ1n) is 14.3. The maximum atomic E-state index is 13.6. The second-order valence-electron chi connectivity index (χ2n) is 10.0. The summed E-state index contributed by atoms with van der Waals surface area (Å²) in [5.41, 5.74) is 3.06. The van der Waals surface area contributed by atoms with E-state index >= 15 is 0 Å². The van der Waals surface area contributed by atoms with Crippen LogP contribution in [0.2, 0.25) is 5.02 Å². The highest BCUT2D eigenvalue weighted by molar-refractivity contribution is 8.00. The van der Waals surface area contributed by atoms with Crippen LogP contribution in [0.4, 0.5) is 11.4 Å². The zero-order valence-corrected chi connectivity index (χ0v) is 26.3. The van der Waals surface area contributed by atoms with E-state index in [2.05, 4.69) is 16.0 Å². The van der Waals surface area contributed by atoms with Gasteiger partial charge in [-0.15, -0.1) is 11.8 Å². The number of amides is 3. The molecule has 0 aromatic heterocycles. The van der Waals surface area contributed by atoms with Crippen molar-refractivity contribution in [1.82, 2.24) is 5.32 Å². The Morgan fingerprint density at radius 3 is 2.07 bits per heavy atom. The third-order valence-corrected chi connectivity index (χ3v) is 8.22. The number of benzene rings is 5. The standard InChI is InChI=1S/C37H30ClN3O4S/c1-45-31-20-18-25(19-21-31)22-33(41-35(42)27-12-6-3-7-13-27)36(43)39-30-16-9-17-32(24-30)46-34(26-10-4-2-5-11-26)37(44)40-29-15-8-14-28(38)23-29/h2-24,34H,1H3,(H,39,43)(H,40,44)(H,41,42)/b33-22+. The normalized spacial score (nSPS) is 11.7. The lowest BCUT2D eigenvalue weighted by Crippen LogP contribution is -2.30. The Labute approximate surface area is 276 Å². The fourth-order valence-electron chi connectivity index (χ4n) is 4.47. The van der Waals surface area contributed by atoms with Gasteiger partial charge >= 0.3 is 0 Å². The number of ether oxygens (including phenoxy) is 1. The van der Waals surface area contributed by atoms with Crippen LogP contribution in [0, 0.1) is 0 Å². The molecule has 0 heterocycles. The molecule has 5 aromatic rings. The van der Waals surface area contributed by atoms with Gasteiger partial charge in [-0.2, -0.15) is 0 Å². The Bertz CT molecular complexity index is 1850. The van der Waals surface area contributed by atoms with Crippen LogP contribution in [0.1, 0.15) is 26.7 Å². The molecular weight excluding hydrogens is 618 g/mol. The molecule has 230 valence electrons. The highest BCUT2D eigenvalue weighted by Crippen LogP contribution is 2.37. The van der Waals surface area contributed by atoms with Crippen molar-refractivity contribution in [3.8, 4) is 5.75 Å². The predicted molar refractivity (Wildman–Crippen MR) is 185 cm³/mol. The van der Waals surface area contributed by atoms with Gasteiger partial charge < -0.3 is 20.7 Å². The molecule has 1 atom stereocenters. The van der Waals surface area contributed by atoms with Crippen molar-refractivity contribution < 1.29 is 19.1 Å². The second kappa shape index (κ2) is 15.6. The number of methoxy groups -OCH3 is 1. The number of rotatable bonds is 11. The highest BCUT2D eigenvalue weighted by Gasteiger charge is 2.23. The molecule has 0 radical (unpaired) electrons. The molecule has 0 aliphatic heterocycles. The van der Waals surface area contributed by atoms with Crippen molar-refractivity contribution in [3.05, 3.63) is 161 Å². The lowest BCUT2D eigenvalue weighted by Gasteiger charge is -2.18. The number of carbonyl (C=O) groups is 3. The van der Waals surface area contributed by atoms with E-state index in [1.165, 1.54) is 11.8 Å². The zero-order chi connectivity index (χ0) is 32.3. The SMILES string of the molecule is COc1ccc(/C=C(/NC(=O)c2ccccc2)C(=O)Nc2cccc(SC(C(=O)Nc3cccc(Cl)c3)c3ccccc3)c2)cc1. The predicted octanol–water partition coefficient (Wildman–Crippen LogP) is 8.23. The fraction of sp³-hybridized carbons (Fsp3) is 0.0541. The van der Waals surface area contributed by atoms with Gasteiger partial charge in [-0.05, 0) is 77.9 Å². The average Bonchev–Trinajstić information content (AvgIpc) is 3.08. The third-order valence-electron chi connectivity index (χ3n) is 6.73. The Balaban J connectivity index is 1.37. The van der Waals surface area contributed by atoms with Gasteiger partial charge in [0.25, 0.3) is 11.8 Å². The van der Waals surface area contributed by atoms with Gasteiger partial charge in [0.15, 0.2) is 0 Å². The first-order chi connectivity index (χ1) is 22.4. The summed E-state index contributed by atoms with van der Waals surface area (Å²) in [5, 5.41) is 8.53. The minimum atomic E-state index is -0.596. The number of thioether (sulfide) groups is 1. The van der Waals surface area contributed by atoms with E-state index in [9.17, 15) is 14.4 Å². The van der Waals surface area contributed by atoms with E-state index in [-0.39, 0.29) is 11.6 Å². The van der Waals surface area contributed by atoms with Crippen molar-refractivity contribution in [2.75, 3.05) is 17.7 Å². The smallest absolute Gasteiger partial charge is 0.272 e. The molecule has 0 saturated heterocycles. The van der Waals surface area contributed by atoms with Gasteiger partial charge in [0.1, 0.15) is 16.7 Å². The number of nitrogens with one attached hydrogen (secondary N) is 3. The van der Waals surface area contributed by atoms with Gasteiger partial charge in [0.05, 0.1) is 7.11 Å². The molecule has 0 spiro atoms. The largest absolute Gasteiger partial charge is 0.497 e. The summed E-state index contributed by atoms with van der Waals surface area (Å²) in [5.74, 6) is -0.487. The van der Waals surface area contributed by atoms with Crippen LogP contribution in [-0.4, -0.2) is 24.8 Å². The van der Waals surface area contributed by atoms with Crippen LogP contribution in [-0.2, 0) is 9.59 Å². The number of halogens is 1. The summed E-state index contributed by atoms with van der Waals surface area (Å²) in [6.07, 6.45) is 1.60. The van der Waals surface area contributed by atoms with Crippen molar-refractivity contribution in [2.45, 2.75) is 10.1 Å². The molecular formula is C37H30ClN3O4S. The summed E-state index contributed by atoms with van der Waals surface area (Å²) in [6, 6.07) is 39.4. The molecule has 0 fully saturated rings. The maximum absolute atomic E-state index is 13.6. The Hall–Kier alpha value is -5.31. The molecule has 3 amide bonds. The molecule has 7 nitrogen and oxygen atoms in total. The monoisotopic (exact) mass is 647 g/mol. The van der Waals surface area contributed by atoms with E-state index in [0.717, 1.165) is 10.5 Å². The molecule has 5 aromatic carbocycles. The van der Waals surface area contributed by atoms with Crippen LogP contribution in [0.5, 0.6) is 5.75 Å². The highest BCUT2D eigenvalue weighted by atomic mass is 35.5. The van der Waals surface area contributed by atoms with Crippen LogP contribution in [0.3, 0.4) is 0 Å². The van der Waals surface area contributed by atoms with E-state index in [1.54, 1.807) is 104 Å². The third kappa shape index (κ3) is 8.88. The topological polar surface area (TPSA) is 96.5 Å². The molecule has 46 heavy (non-hydrogen) atoms. The van der Waals surface area contributed by atoms with E-state index in [0.29, 0.717) is 33.3 Å². The Kier molecular flexibility index (Phi) is 10.9. The summed E-state index contributed by atoms with van der Waals surface area (Å²) < 4.78 is 5.24. The quantitative estimate of drug-likeness (QED) is 0.0991. The van der Waals surface area contributed by atoms with Crippen molar-refractivity contribution in [3.63, 3.8) is 0 Å². The average molecular weight is 648 g/mol. The molecule has 1 unspecified atom stereocenters. The molecule has 0 saturated carbocycles. The summed E-state index contributed by atoms with van der Waals surface area (Å²) in [6.45, 7) is 0. The van der Waals surface area contributed by atoms with E-state index < -0.39 is 17.1 Å². The maximum Gasteiger partial charge on any atom is 0.272 e. The van der Waals surface area contributed by atoms with Crippen molar-refractivity contribution in [1.29, 1.82) is 0 Å². The Morgan fingerprint density at radius 1 is 0.739 bits per heavy atom. The van der Waals surface area contributed by atoms with Gasteiger partial charge in [-0.25, -0.2) is 0 Å². The zero-order valence-electron chi connectivity index (χ0n) is 24.8. The minimum absolute atomic E-state index is 0.0557. The number of hydrogen-bond acceptors (Lipinski definition) is 5. The van der Waals surface area contributed by atoms with Crippen LogP contribution < -0.4 is 20.7 Å². The van der Waals surface area contributed by atoms with Crippen LogP contribution >= 0.6 is 23.4 Å². The first kappa shape index (κ1) is 32.1. The fourth-order valence-corrected chi connectivity index (χ4v) is 5.74. The van der Waals surface area contributed by atoms with Crippen LogP contribution in [0.25, 0.3) is 6.08 Å². The van der Waals surface area contributed by atoms with Gasteiger partial charge in [0, 0.05) is 26.9 Å². The molecule has 3 N–H and O–H groups in total. The van der Waals surface area contributed by atoms with Crippen LogP contribution in [0.15, 0.2) is 144 Å². The number of hydrogen-bond donors (Lipinski definition) is 3. The first-order valence-corrected chi connectivity index (χ1v) is 15.6. The lowest BCUT2D eigenvalue weighted by atomic mass is 10.1. The van der Waals surface area contributed by atoms with Gasteiger partial charge in [0.2, 0.25) is 5.91 Å². The minimum Gasteiger partial charge on any atom is -0.497 e. The molecule has 5 rings (SSSR count). The number of carbonyl (C=O) groups excluding carboxylic acids is 3. The van der Waals surface area contributed by atoms with Crippen molar-refractivity contribution >= 4 is 58.5 Å². The van der Waals surface area contributed by atoms with E-state index in [1.807, 2.05) is 42.5 Å². The van der Waals surface area contributed by atoms with Crippen molar-refractivity contribution in [2.24, 2.45) is 0 Å². The Morgan fingerprint density at radius 2 is 1.39 bits per heavy atom. The van der Waals surface area contributed by atoms with Gasteiger partial charge in [-0.1, -0.05) is 84.4 Å². The number of anilines is 2. The van der Waals surface area contributed by atoms with E-state index in [4.69, 9.17) is 16.3 Å². The molecule has 0 bridgehead atoms.